The van der Waals surface area contributed by atoms with Crippen molar-refractivity contribution in [1.29, 1.82) is 0 Å². The molecule has 0 rings (SSSR count). The summed E-state index contributed by atoms with van der Waals surface area (Å²) in [5.74, 6) is 4.95. The van der Waals surface area contributed by atoms with Crippen molar-refractivity contribution in [2.75, 3.05) is 26.4 Å². The molecule has 0 atom stereocenters. The summed E-state index contributed by atoms with van der Waals surface area (Å²) in [4.78, 5) is 0. The first-order valence-electron chi connectivity index (χ1n) is 7.44. The summed E-state index contributed by atoms with van der Waals surface area (Å²) in [5, 5.41) is 0. The molecule has 0 radical (unpaired) electrons. The number of hydrogen-bond acceptors (Lipinski definition) is 2. The molecule has 0 unspecified atom stereocenters. The molecule has 0 aromatic carbocycles. The molecule has 0 aliphatic carbocycles. The van der Waals surface area contributed by atoms with E-state index >= 15 is 0 Å². The first-order chi connectivity index (χ1) is 9.41. The van der Waals surface area contributed by atoms with Crippen molar-refractivity contribution in [3.8, 4) is 24.7 Å². The molecular formula is C17H28O2. The SMILES string of the molecule is C#CCOCCCCCCCCCCCOCC#C. The average Bonchev–Trinajstić information content (AvgIpc) is 2.43. The van der Waals surface area contributed by atoms with Crippen molar-refractivity contribution >= 4 is 0 Å². The maximum atomic E-state index is 5.22. The summed E-state index contributed by atoms with van der Waals surface area (Å²) in [7, 11) is 0. The van der Waals surface area contributed by atoms with Crippen LogP contribution in [-0.4, -0.2) is 26.4 Å². The van der Waals surface area contributed by atoms with Crippen LogP contribution in [-0.2, 0) is 9.47 Å². The smallest absolute Gasteiger partial charge is 0.107 e. The van der Waals surface area contributed by atoms with Crippen LogP contribution in [0.15, 0.2) is 0 Å². The molecule has 2 heteroatoms. The van der Waals surface area contributed by atoms with Crippen LogP contribution in [0.4, 0.5) is 0 Å². The summed E-state index contributed by atoms with van der Waals surface area (Å²) in [6.45, 7) is 2.51. The maximum absolute atomic E-state index is 5.22. The minimum absolute atomic E-state index is 0.449. The fraction of sp³-hybridized carbons (Fsp3) is 0.765. The van der Waals surface area contributed by atoms with E-state index in [1.807, 2.05) is 0 Å². The minimum Gasteiger partial charge on any atom is -0.369 e. The molecule has 19 heavy (non-hydrogen) atoms. The first-order valence-corrected chi connectivity index (χ1v) is 7.44. The average molecular weight is 264 g/mol. The maximum Gasteiger partial charge on any atom is 0.107 e. The van der Waals surface area contributed by atoms with Crippen LogP contribution in [0.2, 0.25) is 0 Å². The van der Waals surface area contributed by atoms with Gasteiger partial charge in [-0.2, -0.15) is 0 Å². The van der Waals surface area contributed by atoms with Crippen LogP contribution in [0.1, 0.15) is 57.8 Å². The van der Waals surface area contributed by atoms with Crippen LogP contribution in [0, 0.1) is 24.7 Å². The van der Waals surface area contributed by atoms with Gasteiger partial charge in [-0.25, -0.2) is 0 Å². The third kappa shape index (κ3) is 17.0. The summed E-state index contributed by atoms with van der Waals surface area (Å²) < 4.78 is 10.4. The molecule has 0 heterocycles. The Labute approximate surface area is 119 Å². The second-order valence-corrected chi connectivity index (χ2v) is 4.70. The Morgan fingerprint density at radius 3 is 1.16 bits per heavy atom. The lowest BCUT2D eigenvalue weighted by Gasteiger charge is -2.03. The third-order valence-corrected chi connectivity index (χ3v) is 2.95. The zero-order chi connectivity index (χ0) is 14.0. The van der Waals surface area contributed by atoms with Gasteiger partial charge < -0.3 is 9.47 Å². The van der Waals surface area contributed by atoms with Gasteiger partial charge in [-0.05, 0) is 12.8 Å². The fourth-order valence-corrected chi connectivity index (χ4v) is 1.91. The summed E-state index contributed by atoms with van der Waals surface area (Å²) in [6, 6.07) is 0. The number of unbranched alkanes of at least 4 members (excludes halogenated alkanes) is 8. The van der Waals surface area contributed by atoms with E-state index in [1.54, 1.807) is 0 Å². The van der Waals surface area contributed by atoms with Crippen molar-refractivity contribution in [2.24, 2.45) is 0 Å². The molecule has 2 nitrogen and oxygen atoms in total. The highest BCUT2D eigenvalue weighted by molar-refractivity contribution is 4.83. The van der Waals surface area contributed by atoms with E-state index in [9.17, 15) is 0 Å². The predicted octanol–water partition coefficient (Wildman–Crippen LogP) is 3.80. The molecule has 0 aliphatic rings. The Hall–Kier alpha value is -0.960. The van der Waals surface area contributed by atoms with Crippen LogP contribution < -0.4 is 0 Å². The van der Waals surface area contributed by atoms with E-state index < -0.39 is 0 Å². The number of hydrogen-bond donors (Lipinski definition) is 0. The lowest BCUT2D eigenvalue weighted by Crippen LogP contribution is -1.94. The zero-order valence-corrected chi connectivity index (χ0v) is 12.2. The normalized spacial score (nSPS) is 10.0. The molecule has 0 fully saturated rings. The van der Waals surface area contributed by atoms with Gasteiger partial charge in [0, 0.05) is 13.2 Å². The monoisotopic (exact) mass is 264 g/mol. The van der Waals surface area contributed by atoms with Crippen molar-refractivity contribution in [1.82, 2.24) is 0 Å². The van der Waals surface area contributed by atoms with Gasteiger partial charge in [0.05, 0.1) is 0 Å². The Kier molecular flexibility index (Phi) is 16.2. The van der Waals surface area contributed by atoms with Gasteiger partial charge >= 0.3 is 0 Å². The van der Waals surface area contributed by atoms with Gasteiger partial charge in [-0.15, -0.1) is 12.8 Å². The second-order valence-electron chi connectivity index (χ2n) is 4.70. The second kappa shape index (κ2) is 17.0. The molecule has 0 saturated carbocycles. The highest BCUT2D eigenvalue weighted by Crippen LogP contribution is 2.09. The molecular weight excluding hydrogens is 236 g/mol. The van der Waals surface area contributed by atoms with E-state index in [4.69, 9.17) is 22.3 Å². The first kappa shape index (κ1) is 18.0. The van der Waals surface area contributed by atoms with Crippen molar-refractivity contribution in [2.45, 2.75) is 57.8 Å². The van der Waals surface area contributed by atoms with E-state index in [0.717, 1.165) is 26.1 Å². The van der Waals surface area contributed by atoms with Crippen LogP contribution in [0.5, 0.6) is 0 Å². The fourth-order valence-electron chi connectivity index (χ4n) is 1.91. The minimum atomic E-state index is 0.449. The Balaban J connectivity index is 2.92. The molecule has 0 amide bonds. The summed E-state index contributed by atoms with van der Waals surface area (Å²) >= 11 is 0. The molecule has 0 bridgehead atoms. The van der Waals surface area contributed by atoms with Crippen LogP contribution >= 0.6 is 0 Å². The van der Waals surface area contributed by atoms with Gasteiger partial charge in [-0.1, -0.05) is 56.8 Å². The highest BCUT2D eigenvalue weighted by Gasteiger charge is 1.93. The van der Waals surface area contributed by atoms with Crippen molar-refractivity contribution in [3.63, 3.8) is 0 Å². The molecule has 108 valence electrons. The third-order valence-electron chi connectivity index (χ3n) is 2.95. The largest absolute Gasteiger partial charge is 0.369 e. The zero-order valence-electron chi connectivity index (χ0n) is 12.2. The van der Waals surface area contributed by atoms with Crippen LogP contribution in [0.25, 0.3) is 0 Å². The summed E-state index contributed by atoms with van der Waals surface area (Å²) in [5.41, 5.74) is 0. The topological polar surface area (TPSA) is 18.5 Å². The lowest BCUT2D eigenvalue weighted by molar-refractivity contribution is 0.161. The molecule has 0 N–H and O–H groups in total. The quantitative estimate of drug-likeness (QED) is 0.351. The van der Waals surface area contributed by atoms with E-state index in [1.165, 1.54) is 44.9 Å². The van der Waals surface area contributed by atoms with E-state index in [2.05, 4.69) is 11.8 Å². The highest BCUT2D eigenvalue weighted by atomic mass is 16.5. The predicted molar refractivity (Wildman–Crippen MR) is 80.9 cm³/mol. The Bertz CT molecular complexity index is 221. The molecule has 0 saturated heterocycles. The van der Waals surface area contributed by atoms with Crippen molar-refractivity contribution < 1.29 is 9.47 Å². The standard InChI is InChI=1S/C17H28O2/c1-3-14-18-16-12-10-8-6-5-7-9-11-13-17-19-15-4-2/h1-2H,5-17H2. The molecule has 0 aliphatic heterocycles. The Morgan fingerprint density at radius 1 is 0.526 bits per heavy atom. The van der Waals surface area contributed by atoms with Crippen molar-refractivity contribution in [3.05, 3.63) is 0 Å². The molecule has 0 aromatic rings. The van der Waals surface area contributed by atoms with Crippen LogP contribution in [0.3, 0.4) is 0 Å². The van der Waals surface area contributed by atoms with Gasteiger partial charge in [0.15, 0.2) is 0 Å². The molecule has 0 spiro atoms. The van der Waals surface area contributed by atoms with E-state index in [-0.39, 0.29) is 0 Å². The Morgan fingerprint density at radius 2 is 0.842 bits per heavy atom. The number of terminal acetylenes is 2. The number of ether oxygens (including phenoxy) is 2. The van der Waals surface area contributed by atoms with E-state index in [0.29, 0.717) is 13.2 Å². The lowest BCUT2D eigenvalue weighted by atomic mass is 10.1. The summed E-state index contributed by atoms with van der Waals surface area (Å²) in [6.07, 6.45) is 21.6. The van der Waals surface area contributed by atoms with Gasteiger partial charge in [-0.3, -0.25) is 0 Å². The van der Waals surface area contributed by atoms with Gasteiger partial charge in [0.25, 0.3) is 0 Å². The van der Waals surface area contributed by atoms with Gasteiger partial charge in [0.1, 0.15) is 13.2 Å². The number of rotatable bonds is 14. The molecule has 0 aromatic heterocycles. The van der Waals surface area contributed by atoms with Gasteiger partial charge in [0.2, 0.25) is 0 Å².